The molecule has 34 heavy (non-hydrogen) atoms. The largest absolute Gasteiger partial charge is 0.462 e. The summed E-state index contributed by atoms with van der Waals surface area (Å²) in [5.74, 6) is 10.9. The highest BCUT2D eigenvalue weighted by Crippen LogP contribution is 2.23. The van der Waals surface area contributed by atoms with Crippen LogP contribution in [0.3, 0.4) is 0 Å². The number of carbonyl (C=O) groups is 2. The smallest absolute Gasteiger partial charge is 0.343 e. The van der Waals surface area contributed by atoms with Crippen molar-refractivity contribution in [1.82, 2.24) is 0 Å². The molecule has 0 fully saturated rings. The Balaban J connectivity index is 1.62. The van der Waals surface area contributed by atoms with Crippen molar-refractivity contribution in [2.45, 2.75) is 20.3 Å². The van der Waals surface area contributed by atoms with Crippen LogP contribution in [-0.2, 0) is 16.0 Å². The molecule has 0 aromatic heterocycles. The molecule has 0 radical (unpaired) electrons. The van der Waals surface area contributed by atoms with Gasteiger partial charge in [0.15, 0.2) is 0 Å². The highest BCUT2D eigenvalue weighted by atomic mass is 16.5. The van der Waals surface area contributed by atoms with Gasteiger partial charge in [-0.25, -0.2) is 9.59 Å². The molecule has 4 nitrogen and oxygen atoms in total. The van der Waals surface area contributed by atoms with E-state index in [0.29, 0.717) is 17.7 Å². The Bertz CT molecular complexity index is 1310. The maximum absolute atomic E-state index is 12.6. The first-order chi connectivity index (χ1) is 16.5. The fraction of sp³-hybridized carbons (Fsp3) is 0.133. The van der Waals surface area contributed by atoms with Crippen molar-refractivity contribution in [2.75, 3.05) is 6.61 Å². The molecule has 3 aromatic carbocycles. The van der Waals surface area contributed by atoms with Crippen molar-refractivity contribution in [2.24, 2.45) is 0 Å². The second-order valence-electron chi connectivity index (χ2n) is 7.39. The number of carbonyl (C=O) groups excluding carboxylic acids is 2. The predicted molar refractivity (Wildman–Crippen MR) is 133 cm³/mol. The maximum Gasteiger partial charge on any atom is 0.343 e. The summed E-state index contributed by atoms with van der Waals surface area (Å²) >= 11 is 0. The molecule has 0 unspecified atom stereocenters. The topological polar surface area (TPSA) is 52.6 Å². The Labute approximate surface area is 200 Å². The Morgan fingerprint density at radius 1 is 0.941 bits per heavy atom. The van der Waals surface area contributed by atoms with E-state index in [9.17, 15) is 9.59 Å². The van der Waals surface area contributed by atoms with Gasteiger partial charge in [0.05, 0.1) is 12.2 Å². The summed E-state index contributed by atoms with van der Waals surface area (Å²) in [6.07, 6.45) is 1.70. The van der Waals surface area contributed by atoms with E-state index >= 15 is 0 Å². The van der Waals surface area contributed by atoms with Crippen molar-refractivity contribution in [3.63, 3.8) is 0 Å². The van der Waals surface area contributed by atoms with E-state index in [-0.39, 0.29) is 6.61 Å². The third kappa shape index (κ3) is 6.73. The summed E-state index contributed by atoms with van der Waals surface area (Å²) in [4.78, 5) is 23.8. The minimum Gasteiger partial charge on any atom is -0.462 e. The second kappa shape index (κ2) is 11.9. The van der Waals surface area contributed by atoms with E-state index in [1.54, 1.807) is 25.1 Å². The normalized spacial score (nSPS) is 9.59. The second-order valence-corrected chi connectivity index (χ2v) is 7.39. The number of hydrogen-bond acceptors (Lipinski definition) is 4. The first-order valence-electron chi connectivity index (χ1n) is 10.7. The Hall–Kier alpha value is -4.54. The fourth-order valence-electron chi connectivity index (χ4n) is 3.18. The lowest BCUT2D eigenvalue weighted by Gasteiger charge is -2.10. The average molecular weight is 449 g/mol. The van der Waals surface area contributed by atoms with Gasteiger partial charge in [-0.05, 0) is 78.3 Å². The van der Waals surface area contributed by atoms with Gasteiger partial charge in [-0.15, -0.1) is 0 Å². The van der Waals surface area contributed by atoms with Crippen molar-refractivity contribution >= 4 is 11.9 Å². The summed E-state index contributed by atoms with van der Waals surface area (Å²) in [6.45, 7) is 7.25. The number of esters is 2. The van der Waals surface area contributed by atoms with Crippen molar-refractivity contribution in [3.8, 4) is 40.6 Å². The third-order valence-electron chi connectivity index (χ3n) is 4.98. The highest BCUT2D eigenvalue weighted by molar-refractivity contribution is 5.91. The number of hydrogen-bond donors (Lipinski definition) is 0. The minimum absolute atomic E-state index is 0.263. The Morgan fingerprint density at radius 2 is 1.62 bits per heavy atom. The molecular weight excluding hydrogens is 424 g/mol. The van der Waals surface area contributed by atoms with Gasteiger partial charge in [0.2, 0.25) is 0 Å². The zero-order valence-electron chi connectivity index (χ0n) is 19.2. The summed E-state index contributed by atoms with van der Waals surface area (Å²) in [5.41, 5.74) is 5.17. The van der Waals surface area contributed by atoms with Crippen molar-refractivity contribution < 1.29 is 19.1 Å². The number of benzene rings is 3. The van der Waals surface area contributed by atoms with Crippen LogP contribution in [0.4, 0.5) is 0 Å². The van der Waals surface area contributed by atoms with Crippen LogP contribution in [0.1, 0.15) is 34.0 Å². The number of rotatable bonds is 7. The molecule has 0 aliphatic carbocycles. The molecule has 0 spiro atoms. The van der Waals surface area contributed by atoms with Crippen LogP contribution in [-0.4, -0.2) is 18.5 Å². The van der Waals surface area contributed by atoms with E-state index in [4.69, 9.17) is 9.47 Å². The molecule has 0 saturated heterocycles. The molecule has 0 bridgehead atoms. The van der Waals surface area contributed by atoms with Crippen LogP contribution in [0.25, 0.3) is 11.1 Å². The van der Waals surface area contributed by atoms with Gasteiger partial charge in [0.25, 0.3) is 0 Å². The molecule has 0 saturated carbocycles. The molecule has 0 amide bonds. The van der Waals surface area contributed by atoms with E-state index in [0.717, 1.165) is 33.9 Å². The van der Waals surface area contributed by atoms with Gasteiger partial charge in [-0.3, -0.25) is 0 Å². The zero-order valence-corrected chi connectivity index (χ0v) is 19.2. The molecule has 0 atom stereocenters. The first kappa shape index (κ1) is 24.1. The van der Waals surface area contributed by atoms with E-state index in [1.165, 1.54) is 0 Å². The third-order valence-corrected chi connectivity index (χ3v) is 4.98. The molecular formula is C30H24O4. The number of ether oxygens (including phenoxy) is 2. The molecule has 4 heteroatoms. The van der Waals surface area contributed by atoms with Gasteiger partial charge in [0, 0.05) is 18.1 Å². The van der Waals surface area contributed by atoms with E-state index in [2.05, 4.69) is 30.3 Å². The Kier molecular flexibility index (Phi) is 8.44. The summed E-state index contributed by atoms with van der Waals surface area (Å²) in [7, 11) is 0. The van der Waals surface area contributed by atoms with Crippen LogP contribution in [0, 0.1) is 30.6 Å². The molecule has 3 aromatic rings. The first-order valence-corrected chi connectivity index (χ1v) is 10.7. The molecule has 0 aliphatic rings. The van der Waals surface area contributed by atoms with Gasteiger partial charge in [0.1, 0.15) is 5.75 Å². The van der Waals surface area contributed by atoms with Crippen LogP contribution < -0.4 is 4.74 Å². The van der Waals surface area contributed by atoms with Crippen molar-refractivity contribution in [3.05, 3.63) is 102 Å². The lowest BCUT2D eigenvalue weighted by molar-refractivity contribution is -0.137. The summed E-state index contributed by atoms with van der Waals surface area (Å²) in [6, 6.07) is 20.7. The van der Waals surface area contributed by atoms with Gasteiger partial charge < -0.3 is 9.47 Å². The lowest BCUT2D eigenvalue weighted by Crippen LogP contribution is -2.09. The van der Waals surface area contributed by atoms with E-state index < -0.39 is 11.9 Å². The van der Waals surface area contributed by atoms with Gasteiger partial charge >= 0.3 is 11.9 Å². The maximum atomic E-state index is 12.6. The summed E-state index contributed by atoms with van der Waals surface area (Å²) in [5, 5.41) is 0. The highest BCUT2D eigenvalue weighted by Gasteiger charge is 2.11. The van der Waals surface area contributed by atoms with Crippen LogP contribution in [0.15, 0.2) is 79.4 Å². The molecule has 0 aliphatic heterocycles. The predicted octanol–water partition coefficient (Wildman–Crippen LogP) is 5.53. The lowest BCUT2D eigenvalue weighted by atomic mass is 10.0. The fourth-order valence-corrected chi connectivity index (χ4v) is 3.18. The number of aryl methyl sites for hydroxylation is 1. The van der Waals surface area contributed by atoms with E-state index in [1.807, 2.05) is 55.5 Å². The summed E-state index contributed by atoms with van der Waals surface area (Å²) < 4.78 is 10.6. The van der Waals surface area contributed by atoms with Crippen LogP contribution >= 0.6 is 0 Å². The standard InChI is InChI=1S/C30H24O4/c1-4-6-7-8-23-9-12-25(13-10-23)26-14-16-27(17-15-26)30(32)34-28-18-11-24(21-22(28)3)19-20-33-29(31)5-2/h5,9-18,21H,2,19-20H2,1,3H3. The van der Waals surface area contributed by atoms with Gasteiger partial charge in [-0.2, -0.15) is 0 Å². The molecule has 168 valence electrons. The SMILES string of the molecule is C=CC(=O)OCCc1ccc(OC(=O)c2ccc(-c3ccc(C#CC#CC)cc3)cc2)c(C)c1. The minimum atomic E-state index is -0.447. The van der Waals surface area contributed by atoms with Gasteiger partial charge in [-0.1, -0.05) is 54.8 Å². The molecule has 0 heterocycles. The molecule has 3 rings (SSSR count). The monoisotopic (exact) mass is 448 g/mol. The van der Waals surface area contributed by atoms with Crippen LogP contribution in [0.2, 0.25) is 0 Å². The quantitative estimate of drug-likeness (QED) is 0.206. The van der Waals surface area contributed by atoms with Crippen molar-refractivity contribution in [1.29, 1.82) is 0 Å². The Morgan fingerprint density at radius 3 is 2.24 bits per heavy atom. The van der Waals surface area contributed by atoms with Crippen LogP contribution in [0.5, 0.6) is 5.75 Å². The average Bonchev–Trinajstić information content (AvgIpc) is 2.86. The zero-order chi connectivity index (χ0) is 24.3. The molecule has 0 N–H and O–H groups in total.